The van der Waals surface area contributed by atoms with Gasteiger partial charge in [0.15, 0.2) is 0 Å². The van der Waals surface area contributed by atoms with Crippen LogP contribution in [-0.4, -0.2) is 16.1 Å². The van der Waals surface area contributed by atoms with Crippen molar-refractivity contribution < 1.29 is 9.53 Å². The van der Waals surface area contributed by atoms with Gasteiger partial charge in [-0.2, -0.15) is 0 Å². The van der Waals surface area contributed by atoms with Gasteiger partial charge >= 0.3 is 5.97 Å². The van der Waals surface area contributed by atoms with Gasteiger partial charge in [-0.15, -0.1) is 0 Å². The summed E-state index contributed by atoms with van der Waals surface area (Å²) in [6.45, 7) is 5.74. The molecule has 1 heterocycles. The van der Waals surface area contributed by atoms with Crippen molar-refractivity contribution in [3.8, 4) is 0 Å². The summed E-state index contributed by atoms with van der Waals surface area (Å²) < 4.78 is 7.12. The molecular formula is C14H18N2O2. The molecule has 1 aromatic heterocycles. The SMILES string of the molecule is CC(C)(C)OC(=O)Cn1ccc2cccc(N)c21. The average Bonchev–Trinajstić information content (AvgIpc) is 2.59. The molecule has 1 aromatic carbocycles. The van der Waals surface area contributed by atoms with Crippen molar-refractivity contribution in [3.63, 3.8) is 0 Å². The first-order chi connectivity index (χ1) is 8.37. The zero-order valence-corrected chi connectivity index (χ0v) is 10.9. The van der Waals surface area contributed by atoms with E-state index in [9.17, 15) is 4.79 Å². The first-order valence-electron chi connectivity index (χ1n) is 5.92. The third-order valence-electron chi connectivity index (χ3n) is 2.54. The van der Waals surface area contributed by atoms with Crippen molar-refractivity contribution in [2.75, 3.05) is 5.73 Å². The van der Waals surface area contributed by atoms with E-state index in [0.29, 0.717) is 5.69 Å². The lowest BCUT2D eigenvalue weighted by molar-refractivity contribution is -0.155. The second-order valence-electron chi connectivity index (χ2n) is 5.32. The number of fused-ring (bicyclic) bond motifs is 1. The summed E-state index contributed by atoms with van der Waals surface area (Å²) in [4.78, 5) is 11.8. The molecule has 2 N–H and O–H groups in total. The van der Waals surface area contributed by atoms with E-state index in [1.165, 1.54) is 0 Å². The number of ether oxygens (including phenoxy) is 1. The normalized spacial score (nSPS) is 11.7. The maximum Gasteiger partial charge on any atom is 0.326 e. The number of hydrogen-bond donors (Lipinski definition) is 1. The highest BCUT2D eigenvalue weighted by molar-refractivity contribution is 5.91. The van der Waals surface area contributed by atoms with E-state index < -0.39 is 5.60 Å². The molecule has 0 fully saturated rings. The molecular weight excluding hydrogens is 228 g/mol. The van der Waals surface area contributed by atoms with Crippen molar-refractivity contribution >= 4 is 22.6 Å². The Morgan fingerprint density at radius 2 is 2.06 bits per heavy atom. The summed E-state index contributed by atoms with van der Waals surface area (Å²) in [7, 11) is 0. The molecule has 0 spiro atoms. The molecule has 96 valence electrons. The Hall–Kier alpha value is -1.97. The van der Waals surface area contributed by atoms with Gasteiger partial charge in [0.1, 0.15) is 12.1 Å². The van der Waals surface area contributed by atoms with Gasteiger partial charge in [-0.3, -0.25) is 4.79 Å². The van der Waals surface area contributed by atoms with Crippen LogP contribution in [0.4, 0.5) is 5.69 Å². The number of nitrogens with zero attached hydrogens (tertiary/aromatic N) is 1. The number of para-hydroxylation sites is 1. The molecule has 0 saturated carbocycles. The Kier molecular flexibility index (Phi) is 3.03. The Labute approximate surface area is 106 Å². The zero-order valence-electron chi connectivity index (χ0n) is 10.9. The number of anilines is 1. The lowest BCUT2D eigenvalue weighted by atomic mass is 10.2. The van der Waals surface area contributed by atoms with E-state index in [2.05, 4.69) is 0 Å². The highest BCUT2D eigenvalue weighted by atomic mass is 16.6. The first kappa shape index (κ1) is 12.5. The van der Waals surface area contributed by atoms with E-state index in [4.69, 9.17) is 10.5 Å². The second kappa shape index (κ2) is 4.37. The number of carbonyl (C=O) groups is 1. The summed E-state index contributed by atoms with van der Waals surface area (Å²) >= 11 is 0. The number of benzene rings is 1. The van der Waals surface area contributed by atoms with Gasteiger partial charge in [0, 0.05) is 11.6 Å². The largest absolute Gasteiger partial charge is 0.459 e. The van der Waals surface area contributed by atoms with Gasteiger partial charge in [0.25, 0.3) is 0 Å². The molecule has 2 rings (SSSR count). The maximum atomic E-state index is 11.8. The Morgan fingerprint density at radius 1 is 1.33 bits per heavy atom. The zero-order chi connectivity index (χ0) is 13.3. The van der Waals surface area contributed by atoms with Gasteiger partial charge in [0.05, 0.1) is 11.2 Å². The van der Waals surface area contributed by atoms with Crippen molar-refractivity contribution in [1.82, 2.24) is 4.57 Å². The van der Waals surface area contributed by atoms with E-state index in [1.54, 1.807) is 0 Å². The van der Waals surface area contributed by atoms with Crippen LogP contribution in [0.15, 0.2) is 30.5 Å². The quantitative estimate of drug-likeness (QED) is 0.654. The van der Waals surface area contributed by atoms with E-state index in [-0.39, 0.29) is 12.5 Å². The van der Waals surface area contributed by atoms with Gasteiger partial charge in [-0.25, -0.2) is 0 Å². The third-order valence-corrected chi connectivity index (χ3v) is 2.54. The first-order valence-corrected chi connectivity index (χ1v) is 5.92. The van der Waals surface area contributed by atoms with Gasteiger partial charge < -0.3 is 15.0 Å². The van der Waals surface area contributed by atoms with Crippen LogP contribution in [-0.2, 0) is 16.1 Å². The van der Waals surface area contributed by atoms with Crippen LogP contribution in [0.3, 0.4) is 0 Å². The minimum Gasteiger partial charge on any atom is -0.459 e. The summed E-state index contributed by atoms with van der Waals surface area (Å²) in [5.41, 5.74) is 7.01. The van der Waals surface area contributed by atoms with Gasteiger partial charge in [-0.1, -0.05) is 12.1 Å². The third kappa shape index (κ3) is 2.64. The fourth-order valence-electron chi connectivity index (χ4n) is 1.94. The molecule has 0 bridgehead atoms. The average molecular weight is 246 g/mol. The number of nitrogen functional groups attached to an aromatic ring is 1. The highest BCUT2D eigenvalue weighted by Crippen LogP contribution is 2.22. The number of aromatic nitrogens is 1. The van der Waals surface area contributed by atoms with Crippen LogP contribution >= 0.6 is 0 Å². The molecule has 18 heavy (non-hydrogen) atoms. The lowest BCUT2D eigenvalue weighted by Crippen LogP contribution is -2.26. The molecule has 2 aromatic rings. The van der Waals surface area contributed by atoms with Crippen LogP contribution < -0.4 is 5.73 Å². The smallest absolute Gasteiger partial charge is 0.326 e. The van der Waals surface area contributed by atoms with Crippen molar-refractivity contribution in [1.29, 1.82) is 0 Å². The number of esters is 1. The van der Waals surface area contributed by atoms with Crippen molar-refractivity contribution in [2.45, 2.75) is 32.9 Å². The molecule has 0 aliphatic rings. The van der Waals surface area contributed by atoms with Crippen molar-refractivity contribution in [2.24, 2.45) is 0 Å². The molecule has 0 aliphatic carbocycles. The topological polar surface area (TPSA) is 57.2 Å². The van der Waals surface area contributed by atoms with Crippen LogP contribution in [0.2, 0.25) is 0 Å². The number of hydrogen-bond acceptors (Lipinski definition) is 3. The Balaban J connectivity index is 2.25. The summed E-state index contributed by atoms with van der Waals surface area (Å²) in [5, 5.41) is 1.03. The summed E-state index contributed by atoms with van der Waals surface area (Å²) in [6, 6.07) is 7.64. The fraction of sp³-hybridized carbons (Fsp3) is 0.357. The van der Waals surface area contributed by atoms with Crippen LogP contribution in [0, 0.1) is 0 Å². The predicted octanol–water partition coefficient (Wildman–Crippen LogP) is 2.57. The molecule has 0 saturated heterocycles. The Morgan fingerprint density at radius 3 is 2.72 bits per heavy atom. The highest BCUT2D eigenvalue weighted by Gasteiger charge is 2.17. The molecule has 4 heteroatoms. The number of nitrogens with two attached hydrogens (primary N) is 1. The molecule has 0 aliphatic heterocycles. The van der Waals surface area contributed by atoms with Gasteiger partial charge in [0.2, 0.25) is 0 Å². The number of rotatable bonds is 2. The minimum absolute atomic E-state index is 0.176. The second-order valence-corrected chi connectivity index (χ2v) is 5.32. The maximum absolute atomic E-state index is 11.8. The molecule has 0 amide bonds. The van der Waals surface area contributed by atoms with Crippen LogP contribution in [0.25, 0.3) is 10.9 Å². The minimum atomic E-state index is -0.467. The van der Waals surface area contributed by atoms with E-state index in [1.807, 2.05) is 55.8 Å². The molecule has 4 nitrogen and oxygen atoms in total. The summed E-state index contributed by atoms with van der Waals surface area (Å²) in [5.74, 6) is -0.261. The van der Waals surface area contributed by atoms with E-state index in [0.717, 1.165) is 10.9 Å². The van der Waals surface area contributed by atoms with E-state index >= 15 is 0 Å². The predicted molar refractivity (Wildman–Crippen MR) is 72.2 cm³/mol. The molecule has 0 radical (unpaired) electrons. The lowest BCUT2D eigenvalue weighted by Gasteiger charge is -2.19. The summed E-state index contributed by atoms with van der Waals surface area (Å²) in [6.07, 6.45) is 1.85. The van der Waals surface area contributed by atoms with Crippen LogP contribution in [0.1, 0.15) is 20.8 Å². The monoisotopic (exact) mass is 246 g/mol. The molecule has 0 atom stereocenters. The standard InChI is InChI=1S/C14H18N2O2/c1-14(2,3)18-12(17)9-16-8-7-10-5-4-6-11(15)13(10)16/h4-8H,9,15H2,1-3H3. The fourth-order valence-corrected chi connectivity index (χ4v) is 1.94. The molecule has 0 unspecified atom stereocenters. The number of carbonyl (C=O) groups excluding carboxylic acids is 1. The van der Waals surface area contributed by atoms with Crippen LogP contribution in [0.5, 0.6) is 0 Å². The Bertz CT molecular complexity index is 579. The van der Waals surface area contributed by atoms with Crippen molar-refractivity contribution in [3.05, 3.63) is 30.5 Å². The van der Waals surface area contributed by atoms with Gasteiger partial charge in [-0.05, 0) is 32.9 Å².